The van der Waals surface area contributed by atoms with Gasteiger partial charge in [-0.05, 0) is 77.3 Å². The quantitative estimate of drug-likeness (QED) is 0.0685. The Morgan fingerprint density at radius 1 is 0.930 bits per heavy atom. The molecule has 0 unspecified atom stereocenters. The fourth-order valence-corrected chi connectivity index (χ4v) is 7.04. The van der Waals surface area contributed by atoms with Crippen LogP contribution in [0, 0.1) is 0 Å². The zero-order valence-corrected chi connectivity index (χ0v) is 31.6. The first-order valence-corrected chi connectivity index (χ1v) is 20.1. The molecule has 7 N–H and O–H groups in total. The highest BCUT2D eigenvalue weighted by molar-refractivity contribution is 7.91. The van der Waals surface area contributed by atoms with Crippen molar-refractivity contribution in [2.45, 2.75) is 9.79 Å². The van der Waals surface area contributed by atoms with Crippen LogP contribution >= 0.6 is 11.6 Å². The number of aromatic amines is 1. The minimum atomic E-state index is -5.13. The number of halogens is 1. The van der Waals surface area contributed by atoms with Gasteiger partial charge in [-0.3, -0.25) is 19.1 Å². The maximum atomic E-state index is 12.5. The number of rotatable bonds is 10. The molecule has 2 aromatic carbocycles. The maximum Gasteiger partial charge on any atom is 0.407 e. The molecule has 294 valence electrons. The van der Waals surface area contributed by atoms with E-state index in [0.29, 0.717) is 0 Å². The van der Waals surface area contributed by atoms with Crippen LogP contribution in [0.25, 0.3) is 5.95 Å². The molecule has 21 nitrogen and oxygen atoms in total. The third kappa shape index (κ3) is 9.02. The predicted molar refractivity (Wildman–Crippen MR) is 199 cm³/mol. The second-order valence-electron chi connectivity index (χ2n) is 11.4. The van der Waals surface area contributed by atoms with Gasteiger partial charge in [-0.15, -0.1) is 4.98 Å². The molecule has 2 aromatic heterocycles. The first-order valence-electron chi connectivity index (χ1n) is 15.4. The smallest absolute Gasteiger partial charge is 0.407 e. The van der Waals surface area contributed by atoms with Gasteiger partial charge in [-0.2, -0.15) is 40.3 Å². The van der Waals surface area contributed by atoms with Gasteiger partial charge in [0.1, 0.15) is 21.3 Å². The normalized spacial score (nSPS) is 16.3. The number of methoxy groups -OCH3 is 1. The van der Waals surface area contributed by atoms with Crippen LogP contribution in [0.3, 0.4) is 0 Å². The van der Waals surface area contributed by atoms with Crippen LogP contribution in [0.5, 0.6) is 5.75 Å². The highest BCUT2D eigenvalue weighted by Gasteiger charge is 2.32. The summed E-state index contributed by atoms with van der Waals surface area (Å²) in [6.07, 6.45) is 7.46. The highest BCUT2D eigenvalue weighted by atomic mass is 35.5. The number of hydrogen-bond donors (Lipinski definition) is 7. The van der Waals surface area contributed by atoms with Crippen LogP contribution in [-0.2, 0) is 30.4 Å². The van der Waals surface area contributed by atoms with Gasteiger partial charge in [0.05, 0.1) is 52.1 Å². The van der Waals surface area contributed by atoms with E-state index in [4.69, 9.17) is 16.3 Å². The van der Waals surface area contributed by atoms with E-state index in [0.717, 1.165) is 36.4 Å². The van der Waals surface area contributed by atoms with Crippen molar-refractivity contribution < 1.29 is 63.2 Å². The number of anilines is 1. The Bertz CT molecular complexity index is 3010. The number of benzene rings is 2. The molecular formula is C32H24ClN8O13S3+. The summed E-state index contributed by atoms with van der Waals surface area (Å²) in [5.41, 5.74) is 0.578. The van der Waals surface area contributed by atoms with E-state index in [-0.39, 0.29) is 62.1 Å². The summed E-state index contributed by atoms with van der Waals surface area (Å²) in [6.45, 7) is 0. The van der Waals surface area contributed by atoms with Crippen LogP contribution in [0.2, 0.25) is 5.02 Å². The molecule has 0 atom stereocenters. The lowest BCUT2D eigenvalue weighted by Crippen LogP contribution is -2.36. The van der Waals surface area contributed by atoms with Crippen molar-refractivity contribution in [1.29, 1.82) is 0 Å². The SMILES string of the molecule is COc1ccc(NN=C2C(S(=O)(=O)O)=CC3=CC(=Nc4nc(-[n+]5cccc(C(=O)O)c5)[nH]c(=Nc5cc(S(=O)(=O)O)ccc5Cl)n4)C=CC3=C2O)c(S(=O)(=O)O)c1. The number of aromatic nitrogens is 4. The third-order valence-corrected chi connectivity index (χ3v) is 10.6. The number of nitrogens with one attached hydrogen (secondary N) is 2. The van der Waals surface area contributed by atoms with Crippen LogP contribution in [-0.4, -0.2) is 88.6 Å². The predicted octanol–water partition coefficient (Wildman–Crippen LogP) is 2.80. The number of ether oxygens (including phenoxy) is 1. The molecule has 0 radical (unpaired) electrons. The summed E-state index contributed by atoms with van der Waals surface area (Å²) in [5.74, 6) is -2.45. The van der Waals surface area contributed by atoms with Gasteiger partial charge in [0.25, 0.3) is 36.0 Å². The lowest BCUT2D eigenvalue weighted by atomic mass is 9.91. The number of hydrogen-bond acceptors (Lipinski definition) is 15. The molecule has 2 heterocycles. The largest absolute Gasteiger partial charge is 0.505 e. The molecule has 0 saturated heterocycles. The number of aromatic carboxylic acids is 1. The molecule has 6 rings (SSSR count). The van der Waals surface area contributed by atoms with Crippen molar-refractivity contribution in [2.24, 2.45) is 15.1 Å². The molecule has 0 fully saturated rings. The van der Waals surface area contributed by atoms with Crippen LogP contribution in [0.4, 0.5) is 17.3 Å². The van der Waals surface area contributed by atoms with Gasteiger partial charge in [0.15, 0.2) is 5.76 Å². The Kier molecular flexibility index (Phi) is 10.8. The van der Waals surface area contributed by atoms with Gasteiger partial charge in [-0.1, -0.05) is 11.6 Å². The Labute approximate surface area is 326 Å². The lowest BCUT2D eigenvalue weighted by molar-refractivity contribution is -0.604. The van der Waals surface area contributed by atoms with E-state index < -0.39 is 62.5 Å². The average molecular weight is 860 g/mol. The topological polar surface area (TPSA) is 324 Å². The lowest BCUT2D eigenvalue weighted by Gasteiger charge is -2.20. The van der Waals surface area contributed by atoms with Gasteiger partial charge < -0.3 is 14.9 Å². The first kappa shape index (κ1) is 40.3. The van der Waals surface area contributed by atoms with E-state index in [2.05, 4.69) is 35.5 Å². The number of allylic oxidation sites excluding steroid dienone is 7. The fraction of sp³-hybridized carbons (Fsp3) is 0.0312. The number of aliphatic hydroxyl groups excluding tert-OH is 1. The van der Waals surface area contributed by atoms with E-state index >= 15 is 0 Å². The Morgan fingerprint density at radius 3 is 2.35 bits per heavy atom. The van der Waals surface area contributed by atoms with E-state index in [9.17, 15) is 53.9 Å². The van der Waals surface area contributed by atoms with E-state index in [1.54, 1.807) is 0 Å². The molecule has 25 heteroatoms. The number of H-pyrrole nitrogens is 1. The van der Waals surface area contributed by atoms with Gasteiger partial charge >= 0.3 is 17.9 Å². The van der Waals surface area contributed by atoms with Crippen molar-refractivity contribution >= 4 is 76.7 Å². The standard InChI is InChI=1S/C32H23ClN8O13S3/c1-54-19-5-9-23(25(13-19)56(48,49)50)39-40-27-26(57(51,52)53)12-17-11-18(4-7-21(17)28(27)42)34-30-36-31(35-24-14-20(55(45,46)47)6-8-22(24)33)38-32(37-30)41-10-2-3-16(15-41)29(43)44/h2-15H,1H3,(H6-,34,35,36,37,38,39,42,43,44,45,46,47,48,49,50,51,52,53)/p+1. The number of aliphatic imine (C=N–C) groups is 1. The van der Waals surface area contributed by atoms with Crippen molar-refractivity contribution in [2.75, 3.05) is 12.5 Å². The molecule has 0 spiro atoms. The zero-order valence-electron chi connectivity index (χ0n) is 28.4. The second kappa shape index (κ2) is 15.3. The van der Waals surface area contributed by atoms with Crippen molar-refractivity contribution in [3.8, 4) is 11.7 Å². The molecule has 0 bridgehead atoms. The second-order valence-corrected chi connectivity index (χ2v) is 16.0. The fourth-order valence-electron chi connectivity index (χ4n) is 5.06. The Balaban J connectivity index is 1.46. The molecular weight excluding hydrogens is 836 g/mol. The average Bonchev–Trinajstić information content (AvgIpc) is 3.14. The number of fused-ring (bicyclic) bond motifs is 1. The Hall–Kier alpha value is -6.41. The van der Waals surface area contributed by atoms with Gasteiger partial charge in [0.2, 0.25) is 0 Å². The highest BCUT2D eigenvalue weighted by Crippen LogP contribution is 2.33. The van der Waals surface area contributed by atoms with Gasteiger partial charge in [-0.25, -0.2) is 14.3 Å². The van der Waals surface area contributed by atoms with Crippen molar-refractivity contribution in [3.63, 3.8) is 0 Å². The van der Waals surface area contributed by atoms with Gasteiger partial charge in [0, 0.05) is 11.6 Å². The van der Waals surface area contributed by atoms with Crippen LogP contribution in [0.15, 0.2) is 132 Å². The molecule has 57 heavy (non-hydrogen) atoms. The summed E-state index contributed by atoms with van der Waals surface area (Å²) in [7, 11) is -13.4. The monoisotopic (exact) mass is 859 g/mol. The van der Waals surface area contributed by atoms with Crippen molar-refractivity contribution in [3.05, 3.63) is 123 Å². The number of pyridine rings is 1. The van der Waals surface area contributed by atoms with Crippen LogP contribution in [0.1, 0.15) is 10.4 Å². The van der Waals surface area contributed by atoms with E-state index in [1.807, 2.05) is 0 Å². The molecule has 0 amide bonds. The molecule has 2 aliphatic rings. The number of aliphatic hydroxyl groups is 1. The third-order valence-electron chi connectivity index (χ3n) is 7.67. The molecule has 0 saturated carbocycles. The van der Waals surface area contributed by atoms with Crippen molar-refractivity contribution in [1.82, 2.24) is 15.0 Å². The summed E-state index contributed by atoms with van der Waals surface area (Å²) in [6, 6.07) is 9.29. The van der Waals surface area contributed by atoms with E-state index in [1.165, 1.54) is 60.5 Å². The number of carboxylic acid groups (broad SMARTS) is 1. The number of carbonyl (C=O) groups is 1. The zero-order chi connectivity index (χ0) is 41.4. The maximum absolute atomic E-state index is 12.5. The summed E-state index contributed by atoms with van der Waals surface area (Å²) >= 11 is 6.24. The first-order chi connectivity index (χ1) is 26.7. The summed E-state index contributed by atoms with van der Waals surface area (Å²) in [5, 5.41) is 24.5. The van der Waals surface area contributed by atoms with Crippen LogP contribution < -0.4 is 20.3 Å². The summed E-state index contributed by atoms with van der Waals surface area (Å²) in [4.78, 5) is 29.4. The molecule has 0 aliphatic heterocycles. The molecule has 4 aromatic rings. The number of nitrogens with zero attached hydrogens (tertiary/aromatic N) is 6. The molecule has 2 aliphatic carbocycles. The minimum Gasteiger partial charge on any atom is -0.505 e. The summed E-state index contributed by atoms with van der Waals surface area (Å²) < 4.78 is 108. The minimum absolute atomic E-state index is 0.0200. The Morgan fingerprint density at radius 2 is 1.68 bits per heavy atom. The number of hydrazone groups is 1. The number of carboxylic acids is 1.